The highest BCUT2D eigenvalue weighted by atomic mass is 35.5. The van der Waals surface area contributed by atoms with Crippen molar-refractivity contribution in [2.24, 2.45) is 0 Å². The van der Waals surface area contributed by atoms with Gasteiger partial charge in [-0.1, -0.05) is 49.7 Å². The third-order valence-electron chi connectivity index (χ3n) is 6.13. The number of halogens is 1. The maximum absolute atomic E-state index is 12.8. The third kappa shape index (κ3) is 6.83. The fraction of sp³-hybridized carbons (Fsp3) is 0.310. The van der Waals surface area contributed by atoms with E-state index in [2.05, 4.69) is 0 Å². The molecule has 3 aromatic rings. The lowest BCUT2D eigenvalue weighted by Crippen LogP contribution is -3.00. The maximum Gasteiger partial charge on any atom is 0.338 e. The van der Waals surface area contributed by atoms with Crippen LogP contribution in [-0.2, 0) is 20.6 Å². The molecule has 0 saturated carbocycles. The van der Waals surface area contributed by atoms with Crippen LogP contribution in [0.4, 0.5) is 0 Å². The average molecular weight is 540 g/mol. The van der Waals surface area contributed by atoms with Crippen molar-refractivity contribution in [2.75, 3.05) is 6.61 Å². The second kappa shape index (κ2) is 13.3. The van der Waals surface area contributed by atoms with E-state index in [0.717, 1.165) is 18.4 Å². The molecule has 0 radical (unpaired) electrons. The van der Waals surface area contributed by atoms with E-state index in [0.29, 0.717) is 16.7 Å². The molecule has 0 unspecified atom stereocenters. The number of carbonyl (C=O) groups is 3. The second-order valence-electron chi connectivity index (χ2n) is 8.94. The van der Waals surface area contributed by atoms with Crippen LogP contribution in [0.5, 0.6) is 0 Å². The van der Waals surface area contributed by atoms with Crippen LogP contribution in [0.2, 0.25) is 0 Å². The molecule has 2 aromatic carbocycles. The molecule has 38 heavy (non-hydrogen) atoms. The van der Waals surface area contributed by atoms with Crippen LogP contribution in [0, 0.1) is 0 Å². The third-order valence-corrected chi connectivity index (χ3v) is 6.13. The summed E-state index contributed by atoms with van der Waals surface area (Å²) in [6.45, 7) is 3.25. The first-order chi connectivity index (χ1) is 17.9. The minimum atomic E-state index is -1.28. The zero-order valence-corrected chi connectivity index (χ0v) is 21.9. The summed E-state index contributed by atoms with van der Waals surface area (Å²) < 4.78 is 18.9. The van der Waals surface area contributed by atoms with Gasteiger partial charge >= 0.3 is 11.9 Å². The highest BCUT2D eigenvalue weighted by Gasteiger charge is 2.52. The minimum Gasteiger partial charge on any atom is -1.00 e. The summed E-state index contributed by atoms with van der Waals surface area (Å²) in [5.41, 5.74) is 2.05. The number of hydrogen-bond acceptors (Lipinski definition) is 7. The molecule has 1 saturated heterocycles. The zero-order chi connectivity index (χ0) is 26.4. The van der Waals surface area contributed by atoms with Gasteiger partial charge in [-0.2, -0.15) is 4.57 Å². The van der Waals surface area contributed by atoms with E-state index in [-0.39, 0.29) is 24.8 Å². The number of hydrogen-bond donors (Lipinski definition) is 1. The minimum absolute atomic E-state index is 0. The molecule has 8 nitrogen and oxygen atoms in total. The molecule has 200 valence electrons. The Bertz CT molecular complexity index is 1250. The van der Waals surface area contributed by atoms with Gasteiger partial charge in [0.15, 0.2) is 30.4 Å². The number of benzene rings is 2. The molecule has 1 N–H and O–H groups in total. The Morgan fingerprint density at radius 1 is 0.921 bits per heavy atom. The number of ether oxygens (including phenoxy) is 3. The van der Waals surface area contributed by atoms with Crippen LogP contribution in [0.1, 0.15) is 63.1 Å². The monoisotopic (exact) mass is 539 g/mol. The van der Waals surface area contributed by atoms with Gasteiger partial charge < -0.3 is 31.7 Å². The summed E-state index contributed by atoms with van der Waals surface area (Å²) in [4.78, 5) is 37.5. The number of esters is 2. The van der Waals surface area contributed by atoms with Crippen LogP contribution in [0.3, 0.4) is 0 Å². The fourth-order valence-electron chi connectivity index (χ4n) is 4.26. The lowest BCUT2D eigenvalue weighted by molar-refractivity contribution is -0.766. The smallest absolute Gasteiger partial charge is 0.338 e. The Morgan fingerprint density at radius 3 is 2.11 bits per heavy atom. The topological polar surface area (TPSA) is 103 Å². The van der Waals surface area contributed by atoms with Gasteiger partial charge in [0.1, 0.15) is 12.7 Å². The van der Waals surface area contributed by atoms with Crippen LogP contribution >= 0.6 is 0 Å². The van der Waals surface area contributed by atoms with E-state index in [1.165, 1.54) is 6.92 Å². The van der Waals surface area contributed by atoms with E-state index < -0.39 is 36.5 Å². The maximum atomic E-state index is 12.8. The Balaban J connectivity index is 0.00000400. The summed E-state index contributed by atoms with van der Waals surface area (Å²) in [6.07, 6.45) is 0.688. The van der Waals surface area contributed by atoms with E-state index in [4.69, 9.17) is 14.2 Å². The first kappa shape index (κ1) is 29.0. The van der Waals surface area contributed by atoms with Gasteiger partial charge in [-0.15, -0.1) is 0 Å². The van der Waals surface area contributed by atoms with Crippen molar-refractivity contribution in [1.29, 1.82) is 0 Å². The van der Waals surface area contributed by atoms with Crippen molar-refractivity contribution in [3.8, 4) is 0 Å². The Morgan fingerprint density at radius 2 is 1.53 bits per heavy atom. The fourth-order valence-corrected chi connectivity index (χ4v) is 4.26. The number of Topliss-reactive ketones (excluding diaryl/α,β-unsaturated/α-hetero) is 1. The molecule has 1 aromatic heterocycles. The molecule has 1 aliphatic heterocycles. The van der Waals surface area contributed by atoms with E-state index in [1.54, 1.807) is 77.6 Å². The molecular formula is C29H30ClNO7. The van der Waals surface area contributed by atoms with Gasteiger partial charge in [0.25, 0.3) is 6.23 Å². The van der Waals surface area contributed by atoms with Gasteiger partial charge in [-0.3, -0.25) is 4.79 Å². The summed E-state index contributed by atoms with van der Waals surface area (Å²) in [5.74, 6) is -1.33. The Labute approximate surface area is 227 Å². The lowest BCUT2D eigenvalue weighted by Gasteiger charge is -2.19. The predicted octanol–water partition coefficient (Wildman–Crippen LogP) is 0.474. The van der Waals surface area contributed by atoms with Crippen LogP contribution in [0.15, 0.2) is 79.1 Å². The van der Waals surface area contributed by atoms with Crippen LogP contribution < -0.4 is 17.0 Å². The molecule has 1 aliphatic rings. The Hall–Kier alpha value is -3.59. The quantitative estimate of drug-likeness (QED) is 0.240. The summed E-state index contributed by atoms with van der Waals surface area (Å²) in [7, 11) is 0. The highest BCUT2D eigenvalue weighted by Crippen LogP contribution is 2.29. The number of aliphatic hydroxyl groups is 1. The Kier molecular flexibility index (Phi) is 10.1. The van der Waals surface area contributed by atoms with Crippen molar-refractivity contribution >= 4 is 17.7 Å². The van der Waals surface area contributed by atoms with Crippen molar-refractivity contribution in [2.45, 2.75) is 51.2 Å². The van der Waals surface area contributed by atoms with Crippen molar-refractivity contribution in [3.63, 3.8) is 0 Å². The van der Waals surface area contributed by atoms with Crippen molar-refractivity contribution in [1.82, 2.24) is 0 Å². The molecule has 1 fully saturated rings. The summed E-state index contributed by atoms with van der Waals surface area (Å²) in [6, 6.07) is 18.7. The normalized spacial score (nSPS) is 20.3. The standard InChI is InChI=1S/C29H30NO7.ClH/c1-3-10-20-15-23(19(2)31)17-30(16-20)27-25(32)26(37-29(34)22-13-8-5-9-14-22)24(36-27)18-35-28(33)21-11-6-4-7-12-21;/h4-9,11-17,24-27,32H,3,10,18H2,1-2H3;1H/q+1;/p-1/t24-,25-,26-,27-;/m1./s1. The lowest BCUT2D eigenvalue weighted by atomic mass is 10.1. The molecular weight excluding hydrogens is 510 g/mol. The number of aryl methyl sites for hydroxylation is 1. The summed E-state index contributed by atoms with van der Waals surface area (Å²) in [5, 5.41) is 11.3. The number of aliphatic hydroxyl groups excluding tert-OH is 1. The molecule has 0 aliphatic carbocycles. The molecule has 9 heteroatoms. The van der Waals surface area contributed by atoms with Crippen LogP contribution in [0.25, 0.3) is 0 Å². The zero-order valence-electron chi connectivity index (χ0n) is 21.2. The summed E-state index contributed by atoms with van der Waals surface area (Å²) >= 11 is 0. The number of ketones is 1. The molecule has 4 atom stereocenters. The number of rotatable bonds is 9. The highest BCUT2D eigenvalue weighted by molar-refractivity contribution is 5.93. The number of carbonyl (C=O) groups excluding carboxylic acids is 3. The van der Waals surface area contributed by atoms with Gasteiger partial charge in [0, 0.05) is 5.56 Å². The molecule has 0 spiro atoms. The van der Waals surface area contributed by atoms with E-state index >= 15 is 0 Å². The van der Waals surface area contributed by atoms with Gasteiger partial charge in [0.05, 0.1) is 16.7 Å². The molecule has 2 heterocycles. The van der Waals surface area contributed by atoms with Crippen molar-refractivity contribution in [3.05, 3.63) is 101 Å². The molecule has 0 amide bonds. The van der Waals surface area contributed by atoms with Crippen LogP contribution in [-0.4, -0.2) is 47.7 Å². The SMILES string of the molecule is CCCc1cc(C(C)=O)c[n+]([C@@H]2O[C@H](COC(=O)c3ccccc3)[C@@H](OC(=O)c3ccccc3)[C@H]2O)c1.[Cl-]. The number of pyridine rings is 1. The first-order valence-corrected chi connectivity index (χ1v) is 12.2. The van der Waals surface area contributed by atoms with Crippen molar-refractivity contribution < 1.29 is 50.7 Å². The average Bonchev–Trinajstić information content (AvgIpc) is 3.23. The van der Waals surface area contributed by atoms with Gasteiger partial charge in [-0.05, 0) is 43.7 Å². The second-order valence-corrected chi connectivity index (χ2v) is 8.94. The number of nitrogens with zero attached hydrogens (tertiary/aromatic N) is 1. The number of aromatic nitrogens is 1. The first-order valence-electron chi connectivity index (χ1n) is 12.2. The molecule has 0 bridgehead atoms. The van der Waals surface area contributed by atoms with Gasteiger partial charge in [-0.25, -0.2) is 9.59 Å². The predicted molar refractivity (Wildman–Crippen MR) is 133 cm³/mol. The largest absolute Gasteiger partial charge is 1.00 e. The van der Waals surface area contributed by atoms with E-state index in [9.17, 15) is 19.5 Å². The van der Waals surface area contributed by atoms with E-state index in [1.807, 2.05) is 13.0 Å². The van der Waals surface area contributed by atoms with Gasteiger partial charge in [0.2, 0.25) is 0 Å². The molecule has 4 rings (SSSR count).